The third-order valence-corrected chi connectivity index (χ3v) is 4.91. The Kier molecular flexibility index (Phi) is 2.35. The molecule has 1 heterocycles. The van der Waals surface area contributed by atoms with Crippen molar-refractivity contribution in [3.63, 3.8) is 0 Å². The summed E-state index contributed by atoms with van der Waals surface area (Å²) in [4.78, 5) is 0. The zero-order chi connectivity index (χ0) is 8.48. The first-order valence-corrected chi connectivity index (χ1v) is 6.51. The third kappa shape index (κ3) is 1.82. The van der Waals surface area contributed by atoms with Crippen LogP contribution in [-0.4, -0.2) is 18.0 Å². The SMILES string of the molecule is C#CC1OP(C)(=O)SC1C#C. The molecule has 0 aliphatic carbocycles. The molecule has 0 N–H and O–H groups in total. The van der Waals surface area contributed by atoms with Crippen molar-refractivity contribution in [2.24, 2.45) is 0 Å². The molecule has 0 saturated carbocycles. The lowest BCUT2D eigenvalue weighted by atomic mass is 10.3. The summed E-state index contributed by atoms with van der Waals surface area (Å²) in [6, 6.07) is 0. The van der Waals surface area contributed by atoms with Gasteiger partial charge in [-0.15, -0.1) is 12.8 Å². The third-order valence-electron chi connectivity index (χ3n) is 1.21. The Bertz CT molecular complexity index is 260. The molecule has 58 valence electrons. The standard InChI is InChI=1S/C7H7O2PS/c1-4-6-7(5-2)11-10(3,8)9-6/h1-2,6-7H,3H3. The van der Waals surface area contributed by atoms with Gasteiger partial charge in [0.05, 0.1) is 0 Å². The predicted octanol–water partition coefficient (Wildman–Crippen LogP) is 1.58. The maximum Gasteiger partial charge on any atom is 0.257 e. The van der Waals surface area contributed by atoms with E-state index in [0.717, 1.165) is 11.4 Å². The summed E-state index contributed by atoms with van der Waals surface area (Å²) in [5, 5.41) is -0.254. The molecule has 1 saturated heterocycles. The van der Waals surface area contributed by atoms with Crippen molar-refractivity contribution in [1.29, 1.82) is 0 Å². The van der Waals surface area contributed by atoms with Crippen molar-refractivity contribution in [3.8, 4) is 24.7 Å². The molecule has 0 bridgehead atoms. The highest BCUT2D eigenvalue weighted by molar-refractivity contribution is 8.57. The second-order valence-electron chi connectivity index (χ2n) is 2.16. The molecule has 3 unspecified atom stereocenters. The van der Waals surface area contributed by atoms with Crippen LogP contribution in [-0.2, 0) is 9.09 Å². The highest BCUT2D eigenvalue weighted by Gasteiger charge is 2.38. The van der Waals surface area contributed by atoms with Crippen molar-refractivity contribution < 1.29 is 9.09 Å². The van der Waals surface area contributed by atoms with E-state index in [9.17, 15) is 4.57 Å². The van der Waals surface area contributed by atoms with Crippen LogP contribution in [0, 0.1) is 24.7 Å². The Hall–Kier alpha value is -0.340. The lowest BCUT2D eigenvalue weighted by Crippen LogP contribution is -2.14. The monoisotopic (exact) mass is 186 g/mol. The van der Waals surface area contributed by atoms with Gasteiger partial charge in [-0.05, 0) is 11.4 Å². The summed E-state index contributed by atoms with van der Waals surface area (Å²) in [5.74, 6) is 4.81. The Morgan fingerprint density at radius 1 is 1.55 bits per heavy atom. The zero-order valence-corrected chi connectivity index (χ0v) is 7.69. The van der Waals surface area contributed by atoms with Gasteiger partial charge >= 0.3 is 0 Å². The number of hydrogen-bond acceptors (Lipinski definition) is 3. The molecule has 4 heteroatoms. The van der Waals surface area contributed by atoms with Crippen LogP contribution in [0.15, 0.2) is 0 Å². The topological polar surface area (TPSA) is 26.3 Å². The Labute approximate surface area is 70.3 Å². The van der Waals surface area contributed by atoms with Crippen LogP contribution in [0.4, 0.5) is 0 Å². The highest BCUT2D eigenvalue weighted by Crippen LogP contribution is 2.65. The maximum atomic E-state index is 11.3. The quantitative estimate of drug-likeness (QED) is 0.424. The van der Waals surface area contributed by atoms with E-state index in [-0.39, 0.29) is 5.25 Å². The molecule has 1 fully saturated rings. The summed E-state index contributed by atoms with van der Waals surface area (Å²) in [6.07, 6.45) is 9.78. The normalized spacial score (nSPS) is 42.8. The van der Waals surface area contributed by atoms with Crippen LogP contribution in [0.1, 0.15) is 0 Å². The average molecular weight is 186 g/mol. The van der Waals surface area contributed by atoms with Gasteiger partial charge in [0, 0.05) is 6.66 Å². The molecule has 0 amide bonds. The van der Waals surface area contributed by atoms with E-state index in [1.807, 2.05) is 0 Å². The predicted molar refractivity (Wildman–Crippen MR) is 47.4 cm³/mol. The summed E-state index contributed by atoms with van der Waals surface area (Å²) in [5.41, 5.74) is 0. The van der Waals surface area contributed by atoms with Gasteiger partial charge in [0.1, 0.15) is 11.4 Å². The Morgan fingerprint density at radius 2 is 2.18 bits per heavy atom. The minimum absolute atomic E-state index is 0.254. The molecule has 0 spiro atoms. The van der Waals surface area contributed by atoms with Crippen LogP contribution >= 0.6 is 18.0 Å². The number of terminal acetylenes is 2. The number of hydrogen-bond donors (Lipinski definition) is 0. The smallest absolute Gasteiger partial charge is 0.257 e. The maximum absolute atomic E-state index is 11.3. The molecule has 3 atom stereocenters. The summed E-state index contributed by atoms with van der Waals surface area (Å²) in [6.45, 7) is -1.03. The summed E-state index contributed by atoms with van der Waals surface area (Å²) < 4.78 is 16.3. The molecule has 2 nitrogen and oxygen atoms in total. The molecule has 0 radical (unpaired) electrons. The van der Waals surface area contributed by atoms with Crippen molar-refractivity contribution in [2.45, 2.75) is 11.4 Å². The van der Waals surface area contributed by atoms with Gasteiger partial charge in [0.15, 0.2) is 0 Å². The van der Waals surface area contributed by atoms with E-state index in [1.165, 1.54) is 6.66 Å². The van der Waals surface area contributed by atoms with Crippen LogP contribution in [0.25, 0.3) is 0 Å². The molecule has 0 aromatic heterocycles. The van der Waals surface area contributed by atoms with E-state index < -0.39 is 12.7 Å². The highest BCUT2D eigenvalue weighted by atomic mass is 32.7. The first-order chi connectivity index (χ1) is 5.09. The largest absolute Gasteiger partial charge is 0.303 e. The van der Waals surface area contributed by atoms with Gasteiger partial charge < -0.3 is 4.52 Å². The lowest BCUT2D eigenvalue weighted by Gasteiger charge is -2.01. The summed E-state index contributed by atoms with van der Waals surface area (Å²) >= 11 is 1.16. The first kappa shape index (κ1) is 8.75. The van der Waals surface area contributed by atoms with E-state index in [0.29, 0.717) is 0 Å². The van der Waals surface area contributed by atoms with Crippen molar-refractivity contribution in [2.75, 3.05) is 6.66 Å². The van der Waals surface area contributed by atoms with Gasteiger partial charge in [-0.1, -0.05) is 11.8 Å². The van der Waals surface area contributed by atoms with Crippen molar-refractivity contribution in [3.05, 3.63) is 0 Å². The Morgan fingerprint density at radius 3 is 2.55 bits per heavy atom. The van der Waals surface area contributed by atoms with Gasteiger partial charge in [-0.3, -0.25) is 4.57 Å². The van der Waals surface area contributed by atoms with Gasteiger partial charge in [0.25, 0.3) is 6.57 Å². The molecule has 11 heavy (non-hydrogen) atoms. The van der Waals surface area contributed by atoms with Crippen LogP contribution in [0.2, 0.25) is 0 Å². The van der Waals surface area contributed by atoms with Crippen LogP contribution in [0.3, 0.4) is 0 Å². The van der Waals surface area contributed by atoms with E-state index in [4.69, 9.17) is 17.4 Å². The molecule has 1 rings (SSSR count). The molecular weight excluding hydrogens is 179 g/mol. The van der Waals surface area contributed by atoms with Gasteiger partial charge in [-0.25, -0.2) is 0 Å². The van der Waals surface area contributed by atoms with Crippen molar-refractivity contribution in [1.82, 2.24) is 0 Å². The molecule has 0 aromatic carbocycles. The zero-order valence-electron chi connectivity index (χ0n) is 5.98. The molecule has 1 aliphatic rings. The van der Waals surface area contributed by atoms with Gasteiger partial charge in [0.2, 0.25) is 0 Å². The van der Waals surface area contributed by atoms with E-state index >= 15 is 0 Å². The average Bonchev–Trinajstić information content (AvgIpc) is 2.25. The fourth-order valence-electron chi connectivity index (χ4n) is 0.784. The fraction of sp³-hybridized carbons (Fsp3) is 0.429. The minimum atomic E-state index is -2.56. The van der Waals surface area contributed by atoms with E-state index in [2.05, 4.69) is 11.8 Å². The fourth-order valence-corrected chi connectivity index (χ4v) is 4.41. The molecular formula is C7H7O2PS. The number of rotatable bonds is 0. The van der Waals surface area contributed by atoms with Crippen LogP contribution in [0.5, 0.6) is 0 Å². The first-order valence-electron chi connectivity index (χ1n) is 2.95. The summed E-state index contributed by atoms with van der Waals surface area (Å²) in [7, 11) is 0. The van der Waals surface area contributed by atoms with Crippen LogP contribution < -0.4 is 0 Å². The van der Waals surface area contributed by atoms with Crippen molar-refractivity contribution >= 4 is 18.0 Å². The second kappa shape index (κ2) is 2.95. The Balaban J connectivity index is 2.82. The lowest BCUT2D eigenvalue weighted by molar-refractivity contribution is 0.292. The van der Waals surface area contributed by atoms with E-state index in [1.54, 1.807) is 0 Å². The van der Waals surface area contributed by atoms with Gasteiger partial charge in [-0.2, -0.15) is 0 Å². The minimum Gasteiger partial charge on any atom is -0.303 e. The molecule has 0 aromatic rings. The second-order valence-corrected chi connectivity index (χ2v) is 7.25. The molecule has 1 aliphatic heterocycles.